The summed E-state index contributed by atoms with van der Waals surface area (Å²) in [5, 5.41) is 13.0. The first kappa shape index (κ1) is 11.3. The van der Waals surface area contributed by atoms with Crippen molar-refractivity contribution in [1.82, 2.24) is 19.5 Å². The Morgan fingerprint density at radius 1 is 1.28 bits per heavy atom. The lowest BCUT2D eigenvalue weighted by Crippen LogP contribution is -2.44. The van der Waals surface area contributed by atoms with Crippen LogP contribution in [0.3, 0.4) is 0 Å². The third-order valence-electron chi connectivity index (χ3n) is 3.06. The molecule has 92 valence electrons. The number of fused-ring (bicyclic) bond motifs is 1. The van der Waals surface area contributed by atoms with E-state index in [2.05, 4.69) is 37.1 Å². The molecule has 0 unspecified atom stereocenters. The van der Waals surface area contributed by atoms with Crippen LogP contribution in [0.25, 0.3) is 5.65 Å². The first-order chi connectivity index (χ1) is 8.78. The van der Waals surface area contributed by atoms with Gasteiger partial charge in [-0.25, -0.2) is 9.50 Å². The van der Waals surface area contributed by atoms with Crippen LogP contribution in [-0.2, 0) is 0 Å². The minimum atomic E-state index is 0.754. The number of anilines is 1. The van der Waals surface area contributed by atoms with Crippen LogP contribution in [0.2, 0.25) is 0 Å². The van der Waals surface area contributed by atoms with Crippen LogP contribution >= 0.6 is 15.9 Å². The smallest absolute Gasteiger partial charge is 0.179 e. The van der Waals surface area contributed by atoms with E-state index in [-0.39, 0.29) is 0 Å². The third-order valence-corrected chi connectivity index (χ3v) is 3.62. The fraction of sp³-hybridized carbons (Fsp3) is 0.364. The van der Waals surface area contributed by atoms with Gasteiger partial charge in [-0.05, 0) is 22.0 Å². The van der Waals surface area contributed by atoms with Crippen LogP contribution < -0.4 is 4.90 Å². The summed E-state index contributed by atoms with van der Waals surface area (Å²) >= 11 is 3.43. The summed E-state index contributed by atoms with van der Waals surface area (Å²) in [6.07, 6.45) is 5.81. The van der Waals surface area contributed by atoms with E-state index >= 15 is 0 Å². The molecule has 0 bridgehead atoms. The van der Waals surface area contributed by atoms with Crippen molar-refractivity contribution in [3.63, 3.8) is 0 Å². The molecule has 1 saturated heterocycles. The molecule has 1 aliphatic heterocycles. The Hall–Kier alpha value is -1.81. The van der Waals surface area contributed by atoms with Gasteiger partial charge < -0.3 is 9.80 Å². The minimum Gasteiger partial charge on any atom is -0.353 e. The molecule has 1 fully saturated rings. The van der Waals surface area contributed by atoms with Gasteiger partial charge >= 0.3 is 0 Å². The molecule has 2 aromatic heterocycles. The number of aromatic nitrogens is 3. The van der Waals surface area contributed by atoms with Gasteiger partial charge in [0.2, 0.25) is 0 Å². The summed E-state index contributed by atoms with van der Waals surface area (Å²) in [5.74, 6) is 0.932. The van der Waals surface area contributed by atoms with Gasteiger partial charge in [0.1, 0.15) is 5.82 Å². The molecule has 0 spiro atoms. The number of halogens is 1. The van der Waals surface area contributed by atoms with Gasteiger partial charge in [0.05, 0.1) is 10.7 Å². The quantitative estimate of drug-likeness (QED) is 0.738. The normalized spacial score (nSPS) is 16.0. The summed E-state index contributed by atoms with van der Waals surface area (Å²) in [5.41, 5.74) is 0.815. The Morgan fingerprint density at radius 3 is 2.78 bits per heavy atom. The maximum atomic E-state index is 8.82. The first-order valence-corrected chi connectivity index (χ1v) is 6.47. The van der Waals surface area contributed by atoms with E-state index in [0.29, 0.717) is 0 Å². The predicted octanol–water partition coefficient (Wildman–Crippen LogP) is 1.09. The Bertz CT molecular complexity index is 608. The zero-order valence-electron chi connectivity index (χ0n) is 9.62. The molecular weight excluding hydrogens is 296 g/mol. The van der Waals surface area contributed by atoms with Crippen molar-refractivity contribution >= 4 is 27.4 Å². The first-order valence-electron chi connectivity index (χ1n) is 5.67. The highest BCUT2D eigenvalue weighted by molar-refractivity contribution is 9.10. The van der Waals surface area contributed by atoms with Gasteiger partial charge in [0.15, 0.2) is 11.8 Å². The minimum absolute atomic E-state index is 0.754. The van der Waals surface area contributed by atoms with Crippen molar-refractivity contribution in [3.8, 4) is 6.19 Å². The monoisotopic (exact) mass is 306 g/mol. The van der Waals surface area contributed by atoms with E-state index in [9.17, 15) is 0 Å². The fourth-order valence-corrected chi connectivity index (χ4v) is 2.41. The third kappa shape index (κ3) is 1.88. The number of nitriles is 1. The van der Waals surface area contributed by atoms with Crippen molar-refractivity contribution < 1.29 is 0 Å². The summed E-state index contributed by atoms with van der Waals surface area (Å²) in [7, 11) is 0. The Balaban J connectivity index is 1.86. The number of hydrogen-bond acceptors (Lipinski definition) is 5. The van der Waals surface area contributed by atoms with Gasteiger partial charge in [0, 0.05) is 32.4 Å². The van der Waals surface area contributed by atoms with Crippen LogP contribution in [0.4, 0.5) is 5.82 Å². The molecule has 1 aliphatic rings. The Kier molecular flexibility index (Phi) is 2.80. The SMILES string of the molecule is N#CN1CCN(c2ccn3ncc(Br)c3n2)CC1. The zero-order chi connectivity index (χ0) is 12.5. The molecule has 0 N–H and O–H groups in total. The number of piperazine rings is 1. The maximum absolute atomic E-state index is 8.82. The van der Waals surface area contributed by atoms with Crippen molar-refractivity contribution in [1.29, 1.82) is 5.26 Å². The van der Waals surface area contributed by atoms with E-state index in [0.717, 1.165) is 42.1 Å². The molecule has 6 nitrogen and oxygen atoms in total. The molecule has 0 amide bonds. The van der Waals surface area contributed by atoms with E-state index in [1.54, 1.807) is 15.6 Å². The van der Waals surface area contributed by atoms with Gasteiger partial charge in [0.25, 0.3) is 0 Å². The van der Waals surface area contributed by atoms with Crippen molar-refractivity contribution in [3.05, 3.63) is 22.9 Å². The molecular formula is C11H11BrN6. The molecule has 0 saturated carbocycles. The summed E-state index contributed by atoms with van der Waals surface area (Å²) in [6.45, 7) is 3.15. The van der Waals surface area contributed by atoms with E-state index in [4.69, 9.17) is 5.26 Å². The summed E-state index contributed by atoms with van der Waals surface area (Å²) in [4.78, 5) is 8.54. The summed E-state index contributed by atoms with van der Waals surface area (Å²) < 4.78 is 2.62. The van der Waals surface area contributed by atoms with Crippen molar-refractivity contribution in [2.24, 2.45) is 0 Å². The highest BCUT2D eigenvalue weighted by Gasteiger charge is 2.17. The number of hydrogen-bond donors (Lipinski definition) is 0. The number of nitrogens with zero attached hydrogens (tertiary/aromatic N) is 6. The van der Waals surface area contributed by atoms with E-state index < -0.39 is 0 Å². The van der Waals surface area contributed by atoms with Crippen LogP contribution in [0, 0.1) is 11.5 Å². The maximum Gasteiger partial charge on any atom is 0.179 e. The molecule has 2 aromatic rings. The van der Waals surface area contributed by atoms with Gasteiger partial charge in [-0.3, -0.25) is 0 Å². The lowest BCUT2D eigenvalue weighted by atomic mass is 10.3. The predicted molar refractivity (Wildman–Crippen MR) is 70.1 cm³/mol. The molecule has 0 atom stereocenters. The second-order valence-corrected chi connectivity index (χ2v) is 4.97. The highest BCUT2D eigenvalue weighted by Crippen LogP contribution is 2.19. The molecule has 7 heteroatoms. The lowest BCUT2D eigenvalue weighted by Gasteiger charge is -2.32. The van der Waals surface area contributed by atoms with Gasteiger partial charge in [-0.2, -0.15) is 10.4 Å². The van der Waals surface area contributed by atoms with Gasteiger partial charge in [-0.1, -0.05) is 0 Å². The van der Waals surface area contributed by atoms with Crippen molar-refractivity contribution in [2.45, 2.75) is 0 Å². The standard InChI is InChI=1S/C11H11BrN6/c12-9-7-14-18-2-1-10(15-11(9)18)17-5-3-16(8-13)4-6-17/h1-2,7H,3-6H2. The molecule has 0 radical (unpaired) electrons. The lowest BCUT2D eigenvalue weighted by molar-refractivity contribution is 0.362. The Labute approximate surface area is 113 Å². The second kappa shape index (κ2) is 4.46. The highest BCUT2D eigenvalue weighted by atomic mass is 79.9. The van der Waals surface area contributed by atoms with Crippen molar-refractivity contribution in [2.75, 3.05) is 31.1 Å². The second-order valence-electron chi connectivity index (χ2n) is 4.12. The van der Waals surface area contributed by atoms with Crippen LogP contribution in [0.5, 0.6) is 0 Å². The Morgan fingerprint density at radius 2 is 2.06 bits per heavy atom. The van der Waals surface area contributed by atoms with Crippen LogP contribution in [0.1, 0.15) is 0 Å². The fourth-order valence-electron chi connectivity index (χ4n) is 2.04. The molecule has 0 aliphatic carbocycles. The van der Waals surface area contributed by atoms with E-state index in [1.165, 1.54) is 0 Å². The average molecular weight is 307 g/mol. The van der Waals surface area contributed by atoms with Crippen LogP contribution in [0.15, 0.2) is 22.9 Å². The molecule has 3 heterocycles. The molecule has 3 rings (SSSR count). The average Bonchev–Trinajstić information content (AvgIpc) is 2.80. The largest absolute Gasteiger partial charge is 0.353 e. The van der Waals surface area contributed by atoms with Crippen LogP contribution in [-0.4, -0.2) is 45.7 Å². The topological polar surface area (TPSA) is 60.5 Å². The molecule has 0 aromatic carbocycles. The van der Waals surface area contributed by atoms with E-state index in [1.807, 2.05) is 12.3 Å². The zero-order valence-corrected chi connectivity index (χ0v) is 11.2. The summed E-state index contributed by atoms with van der Waals surface area (Å²) in [6, 6.07) is 1.95. The number of rotatable bonds is 1. The molecule has 18 heavy (non-hydrogen) atoms. The van der Waals surface area contributed by atoms with Gasteiger partial charge in [-0.15, -0.1) is 0 Å².